The predicted molar refractivity (Wildman–Crippen MR) is 219 cm³/mol. The zero-order valence-corrected chi connectivity index (χ0v) is 29.9. The molecular formula is C46H31N3OSSi. The lowest BCUT2D eigenvalue weighted by Crippen LogP contribution is -2.77. The van der Waals surface area contributed by atoms with Gasteiger partial charge >= 0.3 is 0 Å². The van der Waals surface area contributed by atoms with Crippen LogP contribution >= 0.6 is 11.3 Å². The first-order chi connectivity index (χ1) is 25.8. The Labute approximate surface area is 306 Å². The van der Waals surface area contributed by atoms with E-state index in [2.05, 4.69) is 143 Å². The molecule has 0 aliphatic carbocycles. The molecule has 1 aliphatic rings. The Hall–Kier alpha value is -6.34. The van der Waals surface area contributed by atoms with Crippen molar-refractivity contribution in [2.75, 3.05) is 4.90 Å². The van der Waals surface area contributed by atoms with Gasteiger partial charge in [0.05, 0.1) is 21.8 Å². The number of ether oxygens (including phenoxy) is 1. The molecule has 4 heterocycles. The lowest BCUT2D eigenvalue weighted by molar-refractivity contribution is 0.483. The Morgan fingerprint density at radius 2 is 1.23 bits per heavy atom. The summed E-state index contributed by atoms with van der Waals surface area (Å²) in [6, 6.07) is 62.6. The molecule has 246 valence electrons. The van der Waals surface area contributed by atoms with Gasteiger partial charge in [-0.2, -0.15) is 0 Å². The molecule has 0 spiro atoms. The third-order valence-corrected chi connectivity index (χ3v) is 16.1. The average Bonchev–Trinajstić information content (AvgIpc) is 3.60. The number of hydrogen-bond acceptors (Lipinski definition) is 5. The van der Waals surface area contributed by atoms with Gasteiger partial charge in [-0.05, 0) is 69.3 Å². The van der Waals surface area contributed by atoms with E-state index in [4.69, 9.17) is 9.72 Å². The molecule has 6 heteroatoms. The molecule has 0 saturated carbocycles. The highest BCUT2D eigenvalue weighted by Gasteiger charge is 2.50. The van der Waals surface area contributed by atoms with E-state index in [0.29, 0.717) is 0 Å². The second-order valence-corrected chi connectivity index (χ2v) is 17.8. The Morgan fingerprint density at radius 1 is 0.519 bits per heavy atom. The molecule has 0 bridgehead atoms. The van der Waals surface area contributed by atoms with Crippen LogP contribution in [0.15, 0.2) is 188 Å². The number of fused-ring (bicyclic) bond motifs is 6. The Bertz CT molecular complexity index is 2690. The molecule has 6 aromatic carbocycles. The molecule has 0 saturated heterocycles. The summed E-state index contributed by atoms with van der Waals surface area (Å²) in [5.41, 5.74) is 4.10. The van der Waals surface area contributed by atoms with Gasteiger partial charge in [0, 0.05) is 39.5 Å². The van der Waals surface area contributed by atoms with Crippen LogP contribution in [-0.2, 0) is 0 Å². The first-order valence-electron chi connectivity index (χ1n) is 17.4. The van der Waals surface area contributed by atoms with Crippen LogP contribution in [0, 0.1) is 0 Å². The molecule has 9 aromatic rings. The lowest BCUT2D eigenvalue weighted by Gasteiger charge is -2.44. The van der Waals surface area contributed by atoms with Gasteiger partial charge in [-0.1, -0.05) is 121 Å². The monoisotopic (exact) mass is 701 g/mol. The summed E-state index contributed by atoms with van der Waals surface area (Å²) in [6.45, 7) is 0. The van der Waals surface area contributed by atoms with Gasteiger partial charge in [-0.3, -0.25) is 9.88 Å². The van der Waals surface area contributed by atoms with Crippen molar-refractivity contribution >= 4 is 77.5 Å². The van der Waals surface area contributed by atoms with E-state index in [0.717, 1.165) is 34.3 Å². The molecule has 1 aliphatic heterocycles. The SMILES string of the molecule is c1ccc([Si]2(c3ccccc3)c3cccnc3N(c3cccc(Oc4cccc(-c5ccccn5)c4)c3)c3c2ccc2c3sc3ccccc32)cc1. The summed E-state index contributed by atoms with van der Waals surface area (Å²) in [6.07, 6.45) is 3.75. The molecule has 0 radical (unpaired) electrons. The van der Waals surface area contributed by atoms with Crippen LogP contribution in [0.4, 0.5) is 17.2 Å². The van der Waals surface area contributed by atoms with Gasteiger partial charge < -0.3 is 4.74 Å². The smallest absolute Gasteiger partial charge is 0.186 e. The van der Waals surface area contributed by atoms with Crippen LogP contribution in [0.2, 0.25) is 0 Å². The quantitative estimate of drug-likeness (QED) is 0.162. The van der Waals surface area contributed by atoms with Crippen LogP contribution in [-0.4, -0.2) is 18.0 Å². The first kappa shape index (κ1) is 30.5. The van der Waals surface area contributed by atoms with Gasteiger partial charge in [0.1, 0.15) is 17.3 Å². The summed E-state index contributed by atoms with van der Waals surface area (Å²) >= 11 is 1.86. The Balaban J connectivity index is 1.23. The number of aromatic nitrogens is 2. The molecule has 0 atom stereocenters. The van der Waals surface area contributed by atoms with Crippen molar-refractivity contribution < 1.29 is 4.74 Å². The molecule has 4 nitrogen and oxygen atoms in total. The van der Waals surface area contributed by atoms with E-state index in [-0.39, 0.29) is 0 Å². The summed E-state index contributed by atoms with van der Waals surface area (Å²) < 4.78 is 9.13. The molecule has 0 unspecified atom stereocenters. The summed E-state index contributed by atoms with van der Waals surface area (Å²) in [4.78, 5) is 12.2. The summed E-state index contributed by atoms with van der Waals surface area (Å²) in [5, 5.41) is 7.80. The van der Waals surface area contributed by atoms with Gasteiger partial charge in [0.2, 0.25) is 0 Å². The maximum Gasteiger partial charge on any atom is 0.186 e. The van der Waals surface area contributed by atoms with E-state index in [1.54, 1.807) is 0 Å². The van der Waals surface area contributed by atoms with E-state index >= 15 is 0 Å². The fraction of sp³-hybridized carbons (Fsp3) is 0. The normalized spacial score (nSPS) is 13.1. The van der Waals surface area contributed by atoms with E-state index in [1.165, 1.54) is 46.6 Å². The zero-order chi connectivity index (χ0) is 34.5. The zero-order valence-electron chi connectivity index (χ0n) is 28.1. The van der Waals surface area contributed by atoms with E-state index < -0.39 is 8.07 Å². The highest BCUT2D eigenvalue weighted by molar-refractivity contribution is 7.27. The second-order valence-electron chi connectivity index (χ2n) is 13.0. The van der Waals surface area contributed by atoms with E-state index in [1.807, 2.05) is 66.2 Å². The maximum absolute atomic E-state index is 6.60. The first-order valence-corrected chi connectivity index (χ1v) is 20.2. The van der Waals surface area contributed by atoms with Gasteiger partial charge in [0.15, 0.2) is 8.07 Å². The number of pyridine rings is 2. The van der Waals surface area contributed by atoms with Gasteiger partial charge in [-0.25, -0.2) is 4.98 Å². The highest BCUT2D eigenvalue weighted by atomic mass is 32.1. The molecule has 0 fully saturated rings. The average molecular weight is 702 g/mol. The lowest BCUT2D eigenvalue weighted by atomic mass is 10.1. The second kappa shape index (κ2) is 12.5. The van der Waals surface area contributed by atoms with Gasteiger partial charge in [0.25, 0.3) is 0 Å². The van der Waals surface area contributed by atoms with E-state index in [9.17, 15) is 0 Å². The fourth-order valence-electron chi connectivity index (χ4n) is 7.91. The minimum absolute atomic E-state index is 0.749. The van der Waals surface area contributed by atoms with Crippen LogP contribution < -0.4 is 30.4 Å². The number of rotatable bonds is 6. The maximum atomic E-state index is 6.60. The van der Waals surface area contributed by atoms with Crippen molar-refractivity contribution in [1.82, 2.24) is 9.97 Å². The minimum Gasteiger partial charge on any atom is -0.457 e. The molecule has 0 N–H and O–H groups in total. The van der Waals surface area contributed by atoms with Crippen molar-refractivity contribution in [3.63, 3.8) is 0 Å². The number of hydrogen-bond donors (Lipinski definition) is 0. The largest absolute Gasteiger partial charge is 0.457 e. The summed E-state index contributed by atoms with van der Waals surface area (Å²) in [5.74, 6) is 2.45. The number of nitrogens with zero attached hydrogens (tertiary/aromatic N) is 3. The standard InChI is InChI=1S/C46H31N3OSSi/c1-3-18-36(19-4-1)52(37-20-5-2-6-21-37)42-27-26-39-38-22-7-8-24-41(38)51-45(39)44(42)49(46-43(52)25-13-29-48-46)33-15-12-17-35(31-33)50-34-16-11-14-32(30-34)40-23-9-10-28-47-40/h1-31H. The molecule has 3 aromatic heterocycles. The van der Waals surface area contributed by atoms with Crippen molar-refractivity contribution in [2.45, 2.75) is 0 Å². The van der Waals surface area contributed by atoms with Gasteiger partial charge in [-0.15, -0.1) is 11.3 Å². The minimum atomic E-state index is -2.86. The van der Waals surface area contributed by atoms with Crippen LogP contribution in [0.3, 0.4) is 0 Å². The van der Waals surface area contributed by atoms with Crippen molar-refractivity contribution in [1.29, 1.82) is 0 Å². The number of benzene rings is 6. The third kappa shape index (κ3) is 4.80. The highest BCUT2D eigenvalue weighted by Crippen LogP contribution is 2.46. The van der Waals surface area contributed by atoms with Crippen molar-refractivity contribution in [3.8, 4) is 22.8 Å². The Kier molecular flexibility index (Phi) is 7.30. The molecular weight excluding hydrogens is 671 g/mol. The van der Waals surface area contributed by atoms with Crippen LogP contribution in [0.25, 0.3) is 31.4 Å². The Morgan fingerprint density at radius 3 is 2.02 bits per heavy atom. The predicted octanol–water partition coefficient (Wildman–Crippen LogP) is 9.46. The van der Waals surface area contributed by atoms with Crippen LogP contribution in [0.5, 0.6) is 11.5 Å². The van der Waals surface area contributed by atoms with Crippen molar-refractivity contribution in [2.24, 2.45) is 0 Å². The topological polar surface area (TPSA) is 38.2 Å². The molecule has 10 rings (SSSR count). The fourth-order valence-corrected chi connectivity index (χ4v) is 14.3. The molecule has 52 heavy (non-hydrogen) atoms. The molecule has 0 amide bonds. The summed E-state index contributed by atoms with van der Waals surface area (Å²) in [7, 11) is -2.86. The number of anilines is 3. The van der Waals surface area contributed by atoms with Crippen LogP contribution in [0.1, 0.15) is 0 Å². The number of thiophene rings is 1. The third-order valence-electron chi connectivity index (χ3n) is 10.1. The van der Waals surface area contributed by atoms with Crippen molar-refractivity contribution in [3.05, 3.63) is 188 Å².